The molecule has 8 heteroatoms. The molecule has 8 nitrogen and oxygen atoms in total. The molecule has 2 aliphatic rings. The van der Waals surface area contributed by atoms with Gasteiger partial charge in [0.1, 0.15) is 13.2 Å². The van der Waals surface area contributed by atoms with E-state index in [1.165, 1.54) is 12.8 Å². The minimum Gasteiger partial charge on any atom is -0.460 e. The van der Waals surface area contributed by atoms with Crippen LogP contribution in [0.2, 0.25) is 0 Å². The maximum absolute atomic E-state index is 12.2. The highest BCUT2D eigenvalue weighted by molar-refractivity contribution is 5.91. The number of nitrogens with one attached hydrogen (secondary N) is 2. The fourth-order valence-corrected chi connectivity index (χ4v) is 4.18. The molecule has 0 saturated heterocycles. The molecule has 2 fully saturated rings. The molecule has 2 atom stereocenters. The van der Waals surface area contributed by atoms with Gasteiger partial charge >= 0.3 is 11.9 Å². The normalized spacial score (nSPS) is 19.7. The third kappa shape index (κ3) is 9.83. The van der Waals surface area contributed by atoms with Crippen LogP contribution >= 0.6 is 0 Å². The fourth-order valence-electron chi connectivity index (χ4n) is 4.18. The van der Waals surface area contributed by atoms with Gasteiger partial charge in [-0.1, -0.05) is 38.5 Å². The maximum Gasteiger partial charge on any atom is 0.331 e. The molecule has 2 rings (SSSR count). The van der Waals surface area contributed by atoms with Crippen molar-refractivity contribution in [2.75, 3.05) is 13.2 Å². The van der Waals surface area contributed by atoms with E-state index in [0.717, 1.165) is 63.5 Å². The van der Waals surface area contributed by atoms with Gasteiger partial charge in [0.2, 0.25) is 11.8 Å². The molecule has 0 aromatic carbocycles. The van der Waals surface area contributed by atoms with Crippen LogP contribution in [0.15, 0.2) is 12.2 Å². The van der Waals surface area contributed by atoms with Crippen LogP contribution in [0.5, 0.6) is 0 Å². The summed E-state index contributed by atoms with van der Waals surface area (Å²) in [7, 11) is 0. The predicted octanol–water partition coefficient (Wildman–Crippen LogP) is 2.80. The van der Waals surface area contributed by atoms with Gasteiger partial charge in [0.05, 0.1) is 12.1 Å². The van der Waals surface area contributed by atoms with Crippen molar-refractivity contribution in [3.63, 3.8) is 0 Å². The van der Waals surface area contributed by atoms with Gasteiger partial charge in [0.15, 0.2) is 0 Å². The first-order valence-electron chi connectivity index (χ1n) is 12.0. The lowest BCUT2D eigenvalue weighted by atomic mass is 9.88. The largest absolute Gasteiger partial charge is 0.460 e. The zero-order chi connectivity index (χ0) is 23.3. The fraction of sp³-hybridized carbons (Fsp3) is 0.750. The molecule has 0 bridgehead atoms. The van der Waals surface area contributed by atoms with Crippen LogP contribution in [0.4, 0.5) is 0 Å². The van der Waals surface area contributed by atoms with E-state index < -0.39 is 11.9 Å². The molecular weight excluding hydrogens is 412 g/mol. The second-order valence-corrected chi connectivity index (χ2v) is 9.08. The van der Waals surface area contributed by atoms with E-state index in [9.17, 15) is 19.2 Å². The van der Waals surface area contributed by atoms with Crippen molar-refractivity contribution in [3.8, 4) is 0 Å². The molecule has 2 N–H and O–H groups in total. The highest BCUT2D eigenvalue weighted by atomic mass is 16.5. The highest BCUT2D eigenvalue weighted by Crippen LogP contribution is 2.24. The molecule has 0 heterocycles. The number of carbonyl (C=O) groups excluding carboxylic acids is 4. The molecule has 0 unspecified atom stereocenters. The summed E-state index contributed by atoms with van der Waals surface area (Å²) in [6.45, 7) is 3.60. The number of ether oxygens (including phenoxy) is 2. The SMILES string of the molecule is C[C@@H](COC(=O)/C=C/C(=O)OC[C@H](C)NC(=O)C1CCCCC1)NC(=O)C1CCCCC1. The van der Waals surface area contributed by atoms with Gasteiger partial charge in [-0.2, -0.15) is 0 Å². The zero-order valence-corrected chi connectivity index (χ0v) is 19.4. The van der Waals surface area contributed by atoms with Crippen LogP contribution in [-0.2, 0) is 28.7 Å². The number of esters is 2. The van der Waals surface area contributed by atoms with Crippen LogP contribution in [0.1, 0.15) is 78.1 Å². The number of rotatable bonds is 10. The van der Waals surface area contributed by atoms with E-state index in [4.69, 9.17) is 9.47 Å². The van der Waals surface area contributed by atoms with Crippen LogP contribution < -0.4 is 10.6 Å². The molecule has 180 valence electrons. The average Bonchev–Trinajstić information content (AvgIpc) is 2.81. The third-order valence-corrected chi connectivity index (χ3v) is 6.04. The molecule has 0 aliphatic heterocycles. The van der Waals surface area contributed by atoms with Crippen LogP contribution in [-0.4, -0.2) is 49.1 Å². The lowest BCUT2D eigenvalue weighted by Gasteiger charge is -2.23. The van der Waals surface area contributed by atoms with Crippen LogP contribution in [0.25, 0.3) is 0 Å². The summed E-state index contributed by atoms with van der Waals surface area (Å²) >= 11 is 0. The number of amides is 2. The second-order valence-electron chi connectivity index (χ2n) is 9.08. The van der Waals surface area contributed by atoms with Crippen molar-refractivity contribution < 1.29 is 28.7 Å². The lowest BCUT2D eigenvalue weighted by Crippen LogP contribution is -2.40. The summed E-state index contributed by atoms with van der Waals surface area (Å²) < 4.78 is 10.2. The second kappa shape index (κ2) is 13.9. The average molecular weight is 451 g/mol. The van der Waals surface area contributed by atoms with Crippen molar-refractivity contribution in [2.24, 2.45) is 11.8 Å². The number of carbonyl (C=O) groups is 4. The van der Waals surface area contributed by atoms with Crippen molar-refractivity contribution in [1.82, 2.24) is 10.6 Å². The third-order valence-electron chi connectivity index (χ3n) is 6.04. The van der Waals surface area contributed by atoms with Gasteiger partial charge in [-0.15, -0.1) is 0 Å². The Labute approximate surface area is 190 Å². The summed E-state index contributed by atoms with van der Waals surface area (Å²) in [5.74, 6) is -1.24. The first kappa shape index (κ1) is 25.9. The number of hydrogen-bond donors (Lipinski definition) is 2. The topological polar surface area (TPSA) is 111 Å². The molecule has 32 heavy (non-hydrogen) atoms. The lowest BCUT2D eigenvalue weighted by molar-refractivity contribution is -0.141. The van der Waals surface area contributed by atoms with Crippen LogP contribution in [0, 0.1) is 11.8 Å². The summed E-state index contributed by atoms with van der Waals surface area (Å²) in [6.07, 6.45) is 12.3. The summed E-state index contributed by atoms with van der Waals surface area (Å²) in [6, 6.07) is -0.607. The number of hydrogen-bond acceptors (Lipinski definition) is 6. The van der Waals surface area contributed by atoms with Crippen molar-refractivity contribution in [1.29, 1.82) is 0 Å². The summed E-state index contributed by atoms with van der Waals surface area (Å²) in [5.41, 5.74) is 0. The Morgan fingerprint density at radius 2 is 1.03 bits per heavy atom. The Bertz CT molecular complexity index is 609. The van der Waals surface area contributed by atoms with E-state index in [1.807, 2.05) is 0 Å². The van der Waals surface area contributed by atoms with Gasteiger partial charge in [0, 0.05) is 24.0 Å². The van der Waals surface area contributed by atoms with E-state index in [2.05, 4.69) is 10.6 Å². The first-order chi connectivity index (χ1) is 15.3. The van der Waals surface area contributed by atoms with Crippen LogP contribution in [0.3, 0.4) is 0 Å². The molecule has 2 aliphatic carbocycles. The van der Waals surface area contributed by atoms with Gasteiger partial charge < -0.3 is 20.1 Å². The van der Waals surface area contributed by atoms with E-state index in [1.54, 1.807) is 13.8 Å². The van der Waals surface area contributed by atoms with Gasteiger partial charge in [-0.3, -0.25) is 9.59 Å². The van der Waals surface area contributed by atoms with Crippen molar-refractivity contribution in [2.45, 2.75) is 90.1 Å². The predicted molar refractivity (Wildman–Crippen MR) is 119 cm³/mol. The van der Waals surface area contributed by atoms with Gasteiger partial charge in [0.25, 0.3) is 0 Å². The minimum absolute atomic E-state index is 0.0112. The van der Waals surface area contributed by atoms with E-state index in [0.29, 0.717) is 0 Å². The van der Waals surface area contributed by atoms with Gasteiger partial charge in [-0.05, 0) is 39.5 Å². The monoisotopic (exact) mass is 450 g/mol. The molecule has 0 aromatic heterocycles. The molecular formula is C24H38N2O6. The Balaban J connectivity index is 1.59. The highest BCUT2D eigenvalue weighted by Gasteiger charge is 2.23. The van der Waals surface area contributed by atoms with Gasteiger partial charge in [-0.25, -0.2) is 9.59 Å². The minimum atomic E-state index is -0.681. The molecule has 0 aromatic rings. The summed E-state index contributed by atoms with van der Waals surface area (Å²) in [4.78, 5) is 48.0. The molecule has 0 radical (unpaired) electrons. The maximum atomic E-state index is 12.2. The smallest absolute Gasteiger partial charge is 0.331 e. The Morgan fingerprint density at radius 3 is 1.38 bits per heavy atom. The Morgan fingerprint density at radius 1 is 0.688 bits per heavy atom. The summed E-state index contributed by atoms with van der Waals surface area (Å²) in [5, 5.41) is 5.75. The Hall–Kier alpha value is -2.38. The first-order valence-corrected chi connectivity index (χ1v) is 12.0. The Kier molecular flexibility index (Phi) is 11.2. The van der Waals surface area contributed by atoms with Crippen molar-refractivity contribution in [3.05, 3.63) is 12.2 Å². The quantitative estimate of drug-likeness (QED) is 0.391. The standard InChI is InChI=1S/C24H38N2O6/c1-17(25-23(29)19-9-5-3-6-10-19)15-31-21(27)13-14-22(28)32-16-18(2)26-24(30)20-11-7-4-8-12-20/h13-14,17-20H,3-12,15-16H2,1-2H3,(H,25,29)(H,26,30)/b14-13+/t17-,18-/m0/s1. The van der Waals surface area contributed by atoms with Crippen molar-refractivity contribution >= 4 is 23.8 Å². The zero-order valence-electron chi connectivity index (χ0n) is 19.4. The van der Waals surface area contributed by atoms with E-state index in [-0.39, 0.29) is 48.9 Å². The van der Waals surface area contributed by atoms with E-state index >= 15 is 0 Å². The molecule has 2 amide bonds. The molecule has 2 saturated carbocycles. The molecule has 0 spiro atoms.